The number of nitrogens with one attached hydrogen (secondary N) is 1. The molecule has 3 heterocycles. The maximum Gasteiger partial charge on any atom is 0.0837 e. The van der Waals surface area contributed by atoms with Gasteiger partial charge in [0.2, 0.25) is 0 Å². The van der Waals surface area contributed by atoms with Gasteiger partial charge in [0, 0.05) is 6.42 Å². The molecule has 0 aromatic rings. The van der Waals surface area contributed by atoms with Crippen LogP contribution in [0.1, 0.15) is 46.0 Å². The molecule has 4 nitrogen and oxygen atoms in total. The predicted molar refractivity (Wildman–Crippen MR) is 73.3 cm³/mol. The molecule has 3 fully saturated rings. The lowest BCUT2D eigenvalue weighted by atomic mass is 9.89. The fourth-order valence-electron chi connectivity index (χ4n) is 3.58. The lowest BCUT2D eigenvalue weighted by Crippen LogP contribution is -2.41. The highest BCUT2D eigenvalue weighted by Crippen LogP contribution is 2.36. The van der Waals surface area contributed by atoms with Crippen LogP contribution in [0.4, 0.5) is 0 Å². The Bertz CT molecular complexity index is 313. The SMILES string of the molecule is CC1(C)CCC(COC2COC3(CCNCC3)C2)O1. The topological polar surface area (TPSA) is 39.7 Å². The predicted octanol–water partition coefficient (Wildman–Crippen LogP) is 1.87. The zero-order valence-electron chi connectivity index (χ0n) is 12.2. The van der Waals surface area contributed by atoms with Crippen LogP contribution in [0.2, 0.25) is 0 Å². The zero-order valence-corrected chi connectivity index (χ0v) is 12.2. The minimum atomic E-state index is 0.0382. The fraction of sp³-hybridized carbons (Fsp3) is 1.00. The molecule has 0 bridgehead atoms. The Hall–Kier alpha value is -0.160. The van der Waals surface area contributed by atoms with Crippen molar-refractivity contribution in [1.29, 1.82) is 0 Å². The van der Waals surface area contributed by atoms with Crippen LogP contribution in [0.15, 0.2) is 0 Å². The lowest BCUT2D eigenvalue weighted by Gasteiger charge is -2.32. The van der Waals surface area contributed by atoms with E-state index in [4.69, 9.17) is 14.2 Å². The van der Waals surface area contributed by atoms with Crippen LogP contribution in [0.25, 0.3) is 0 Å². The first-order valence-electron chi connectivity index (χ1n) is 7.71. The zero-order chi connectivity index (χ0) is 13.3. The summed E-state index contributed by atoms with van der Waals surface area (Å²) in [6.07, 6.45) is 6.11. The largest absolute Gasteiger partial charge is 0.373 e. The Labute approximate surface area is 116 Å². The summed E-state index contributed by atoms with van der Waals surface area (Å²) in [5.74, 6) is 0. The third-order valence-corrected chi connectivity index (χ3v) is 4.76. The molecule has 110 valence electrons. The summed E-state index contributed by atoms with van der Waals surface area (Å²) in [5, 5.41) is 3.40. The molecule has 1 spiro atoms. The van der Waals surface area contributed by atoms with E-state index in [-0.39, 0.29) is 23.4 Å². The maximum atomic E-state index is 6.04. The molecular weight excluding hydrogens is 242 g/mol. The number of rotatable bonds is 3. The quantitative estimate of drug-likeness (QED) is 0.849. The average Bonchev–Trinajstić information content (AvgIpc) is 2.92. The molecule has 4 heteroatoms. The maximum absolute atomic E-state index is 6.04. The summed E-state index contributed by atoms with van der Waals surface area (Å²) in [5.41, 5.74) is 0.141. The van der Waals surface area contributed by atoms with Crippen molar-refractivity contribution in [2.45, 2.75) is 69.4 Å². The molecular formula is C15H27NO3. The van der Waals surface area contributed by atoms with Crippen LogP contribution >= 0.6 is 0 Å². The van der Waals surface area contributed by atoms with Crippen molar-refractivity contribution in [3.8, 4) is 0 Å². The van der Waals surface area contributed by atoms with E-state index < -0.39 is 0 Å². The standard InChI is InChI=1S/C15H27NO3/c1-14(2)4-3-12(19-14)10-17-13-9-15(18-11-13)5-7-16-8-6-15/h12-13,16H,3-11H2,1-2H3. The Morgan fingerprint density at radius 3 is 2.68 bits per heavy atom. The third-order valence-electron chi connectivity index (χ3n) is 4.76. The summed E-state index contributed by atoms with van der Waals surface area (Å²) >= 11 is 0. The van der Waals surface area contributed by atoms with Gasteiger partial charge in [-0.3, -0.25) is 0 Å². The van der Waals surface area contributed by atoms with Crippen molar-refractivity contribution in [3.05, 3.63) is 0 Å². The van der Waals surface area contributed by atoms with Gasteiger partial charge in [0.05, 0.1) is 36.6 Å². The van der Waals surface area contributed by atoms with Crippen LogP contribution in [0.3, 0.4) is 0 Å². The van der Waals surface area contributed by atoms with E-state index in [1.54, 1.807) is 0 Å². The first-order valence-corrected chi connectivity index (χ1v) is 7.71. The van der Waals surface area contributed by atoms with Crippen LogP contribution < -0.4 is 5.32 Å². The molecule has 0 aromatic heterocycles. The highest BCUT2D eigenvalue weighted by molar-refractivity contribution is 4.93. The molecule has 0 aliphatic carbocycles. The average molecular weight is 269 g/mol. The first kappa shape index (κ1) is 13.8. The van der Waals surface area contributed by atoms with Gasteiger partial charge in [0.15, 0.2) is 0 Å². The normalized spacial score (nSPS) is 36.9. The summed E-state index contributed by atoms with van der Waals surface area (Å²) in [4.78, 5) is 0. The second-order valence-corrected chi connectivity index (χ2v) is 6.94. The van der Waals surface area contributed by atoms with Crippen LogP contribution in [-0.2, 0) is 14.2 Å². The van der Waals surface area contributed by atoms with E-state index in [0.717, 1.165) is 58.4 Å². The van der Waals surface area contributed by atoms with E-state index in [2.05, 4.69) is 19.2 Å². The molecule has 0 saturated carbocycles. The van der Waals surface area contributed by atoms with Gasteiger partial charge in [-0.05, 0) is 52.6 Å². The molecule has 3 aliphatic heterocycles. The van der Waals surface area contributed by atoms with E-state index in [9.17, 15) is 0 Å². The second kappa shape index (κ2) is 5.32. The summed E-state index contributed by atoms with van der Waals surface area (Å²) < 4.78 is 18.1. The van der Waals surface area contributed by atoms with Gasteiger partial charge in [-0.25, -0.2) is 0 Å². The van der Waals surface area contributed by atoms with Crippen molar-refractivity contribution in [3.63, 3.8) is 0 Å². The Morgan fingerprint density at radius 1 is 1.21 bits per heavy atom. The van der Waals surface area contributed by atoms with E-state index in [0.29, 0.717) is 0 Å². The minimum absolute atomic E-state index is 0.0382. The molecule has 3 rings (SSSR count). The Balaban J connectivity index is 1.42. The first-order chi connectivity index (χ1) is 9.07. The van der Waals surface area contributed by atoms with Crippen molar-refractivity contribution < 1.29 is 14.2 Å². The van der Waals surface area contributed by atoms with Gasteiger partial charge in [-0.1, -0.05) is 0 Å². The van der Waals surface area contributed by atoms with Crippen molar-refractivity contribution in [1.82, 2.24) is 5.32 Å². The molecule has 3 aliphatic rings. The van der Waals surface area contributed by atoms with Crippen LogP contribution in [-0.4, -0.2) is 49.7 Å². The third kappa shape index (κ3) is 3.30. The van der Waals surface area contributed by atoms with Crippen LogP contribution in [0, 0.1) is 0 Å². The number of ether oxygens (including phenoxy) is 3. The number of hydrogen-bond acceptors (Lipinski definition) is 4. The molecule has 2 unspecified atom stereocenters. The van der Waals surface area contributed by atoms with Gasteiger partial charge < -0.3 is 19.5 Å². The number of piperidine rings is 1. The number of hydrogen-bond donors (Lipinski definition) is 1. The van der Waals surface area contributed by atoms with E-state index >= 15 is 0 Å². The molecule has 0 aromatic carbocycles. The van der Waals surface area contributed by atoms with Crippen LogP contribution in [0.5, 0.6) is 0 Å². The van der Waals surface area contributed by atoms with Gasteiger partial charge in [0.1, 0.15) is 0 Å². The lowest BCUT2D eigenvalue weighted by molar-refractivity contribution is -0.0709. The van der Waals surface area contributed by atoms with Crippen molar-refractivity contribution in [2.75, 3.05) is 26.3 Å². The van der Waals surface area contributed by atoms with E-state index in [1.807, 2.05) is 0 Å². The van der Waals surface area contributed by atoms with Gasteiger partial charge in [-0.15, -0.1) is 0 Å². The highest BCUT2D eigenvalue weighted by Gasteiger charge is 2.42. The second-order valence-electron chi connectivity index (χ2n) is 6.94. The Morgan fingerprint density at radius 2 is 2.00 bits per heavy atom. The van der Waals surface area contributed by atoms with Crippen molar-refractivity contribution >= 4 is 0 Å². The summed E-state index contributed by atoms with van der Waals surface area (Å²) in [7, 11) is 0. The fourth-order valence-corrected chi connectivity index (χ4v) is 3.58. The molecule has 19 heavy (non-hydrogen) atoms. The highest BCUT2D eigenvalue weighted by atomic mass is 16.6. The van der Waals surface area contributed by atoms with E-state index in [1.165, 1.54) is 0 Å². The minimum Gasteiger partial charge on any atom is -0.373 e. The monoisotopic (exact) mass is 269 g/mol. The Kier molecular flexibility index (Phi) is 3.87. The molecule has 3 saturated heterocycles. The van der Waals surface area contributed by atoms with Gasteiger partial charge >= 0.3 is 0 Å². The van der Waals surface area contributed by atoms with Gasteiger partial charge in [0.25, 0.3) is 0 Å². The smallest absolute Gasteiger partial charge is 0.0837 e. The molecule has 0 radical (unpaired) electrons. The summed E-state index contributed by atoms with van der Waals surface area (Å²) in [6.45, 7) is 7.96. The van der Waals surface area contributed by atoms with Crippen molar-refractivity contribution in [2.24, 2.45) is 0 Å². The molecule has 1 N–H and O–H groups in total. The molecule has 2 atom stereocenters. The molecule has 0 amide bonds. The van der Waals surface area contributed by atoms with Gasteiger partial charge in [-0.2, -0.15) is 0 Å². The summed E-state index contributed by atoms with van der Waals surface area (Å²) in [6, 6.07) is 0.